The van der Waals surface area contributed by atoms with Crippen molar-refractivity contribution >= 4 is 5.97 Å². The van der Waals surface area contributed by atoms with Gasteiger partial charge < -0.3 is 9.52 Å². The van der Waals surface area contributed by atoms with Crippen LogP contribution in [0.5, 0.6) is 0 Å². The van der Waals surface area contributed by atoms with Gasteiger partial charge in [-0.25, -0.2) is 4.79 Å². The van der Waals surface area contributed by atoms with E-state index in [1.165, 1.54) is 19.2 Å². The number of nitrogens with zero attached hydrogens (tertiary/aromatic N) is 2. The van der Waals surface area contributed by atoms with Crippen molar-refractivity contribution in [3.8, 4) is 0 Å². The van der Waals surface area contributed by atoms with E-state index in [1.54, 1.807) is 0 Å². The van der Waals surface area contributed by atoms with Crippen molar-refractivity contribution in [3.05, 3.63) is 28.6 Å². The summed E-state index contributed by atoms with van der Waals surface area (Å²) in [4.78, 5) is 20.3. The SMILES string of the molecule is CN(Cc1ccc(C(=O)O)o1)N=O. The monoisotopic (exact) mass is 184 g/mol. The summed E-state index contributed by atoms with van der Waals surface area (Å²) in [5, 5.41) is 12.2. The fraction of sp³-hybridized carbons (Fsp3) is 0.286. The lowest BCUT2D eigenvalue weighted by Crippen LogP contribution is -2.08. The molecule has 0 fully saturated rings. The van der Waals surface area contributed by atoms with Crippen LogP contribution in [0.3, 0.4) is 0 Å². The van der Waals surface area contributed by atoms with E-state index < -0.39 is 5.97 Å². The topological polar surface area (TPSA) is 83.1 Å². The summed E-state index contributed by atoms with van der Waals surface area (Å²) in [7, 11) is 1.47. The summed E-state index contributed by atoms with van der Waals surface area (Å²) in [5.74, 6) is -0.887. The highest BCUT2D eigenvalue weighted by molar-refractivity contribution is 5.84. The lowest BCUT2D eigenvalue weighted by molar-refractivity contribution is 0.0658. The highest BCUT2D eigenvalue weighted by atomic mass is 16.4. The van der Waals surface area contributed by atoms with Crippen LogP contribution >= 0.6 is 0 Å². The lowest BCUT2D eigenvalue weighted by atomic mass is 10.4. The zero-order valence-electron chi connectivity index (χ0n) is 6.93. The Balaban J connectivity index is 2.69. The Labute approximate surface area is 73.7 Å². The average Bonchev–Trinajstić information content (AvgIpc) is 2.52. The molecule has 1 rings (SSSR count). The second-order valence-corrected chi connectivity index (χ2v) is 2.47. The molecule has 0 saturated heterocycles. The van der Waals surface area contributed by atoms with Crippen molar-refractivity contribution in [2.24, 2.45) is 5.29 Å². The van der Waals surface area contributed by atoms with Gasteiger partial charge in [-0.3, -0.25) is 5.01 Å². The van der Waals surface area contributed by atoms with Gasteiger partial charge in [-0.15, -0.1) is 4.91 Å². The first-order valence-corrected chi connectivity index (χ1v) is 3.50. The number of hydrogen-bond donors (Lipinski definition) is 1. The van der Waals surface area contributed by atoms with Crippen LogP contribution in [-0.2, 0) is 6.54 Å². The standard InChI is InChI=1S/C7H8N2O4/c1-9(8-12)4-5-2-3-6(13-5)7(10)11/h2-3H,4H2,1H3,(H,10,11). The number of carboxylic acid groups (broad SMARTS) is 1. The average molecular weight is 184 g/mol. The largest absolute Gasteiger partial charge is 0.475 e. The van der Waals surface area contributed by atoms with Crippen molar-refractivity contribution in [1.82, 2.24) is 5.01 Å². The molecule has 1 heterocycles. The maximum atomic E-state index is 10.4. The van der Waals surface area contributed by atoms with Crippen molar-refractivity contribution in [2.45, 2.75) is 6.54 Å². The lowest BCUT2D eigenvalue weighted by Gasteiger charge is -2.03. The number of aromatic carboxylic acids is 1. The fourth-order valence-corrected chi connectivity index (χ4v) is 0.832. The van der Waals surface area contributed by atoms with Crippen LogP contribution < -0.4 is 0 Å². The normalized spacial score (nSPS) is 9.62. The highest BCUT2D eigenvalue weighted by Crippen LogP contribution is 2.09. The van der Waals surface area contributed by atoms with Gasteiger partial charge in [-0.2, -0.15) is 0 Å². The van der Waals surface area contributed by atoms with Crippen LogP contribution in [0.15, 0.2) is 21.8 Å². The molecule has 0 aromatic carbocycles. The minimum Gasteiger partial charge on any atom is -0.475 e. The van der Waals surface area contributed by atoms with Gasteiger partial charge in [0.25, 0.3) is 0 Å². The van der Waals surface area contributed by atoms with Gasteiger partial charge in [0.05, 0.1) is 11.8 Å². The molecule has 1 aromatic heterocycles. The van der Waals surface area contributed by atoms with Crippen molar-refractivity contribution in [3.63, 3.8) is 0 Å². The van der Waals surface area contributed by atoms with E-state index in [9.17, 15) is 9.70 Å². The van der Waals surface area contributed by atoms with E-state index in [0.29, 0.717) is 5.76 Å². The number of carbonyl (C=O) groups is 1. The minimum absolute atomic E-state index is 0.144. The first kappa shape index (κ1) is 9.24. The number of rotatable bonds is 4. The van der Waals surface area contributed by atoms with Crippen LogP contribution in [0.1, 0.15) is 16.3 Å². The molecule has 6 nitrogen and oxygen atoms in total. The second-order valence-electron chi connectivity index (χ2n) is 2.47. The van der Waals surface area contributed by atoms with Gasteiger partial charge in [0.2, 0.25) is 5.76 Å². The smallest absolute Gasteiger partial charge is 0.371 e. The number of nitroso groups, excluding NO2 is 1. The predicted molar refractivity (Wildman–Crippen MR) is 42.9 cm³/mol. The molecule has 0 saturated carbocycles. The Kier molecular flexibility index (Phi) is 2.63. The summed E-state index contributed by atoms with van der Waals surface area (Å²) in [6, 6.07) is 2.82. The maximum Gasteiger partial charge on any atom is 0.371 e. The Morgan fingerprint density at radius 1 is 1.69 bits per heavy atom. The predicted octanol–water partition coefficient (Wildman–Crippen LogP) is 1.09. The van der Waals surface area contributed by atoms with E-state index in [4.69, 9.17) is 9.52 Å². The molecule has 1 N–H and O–H groups in total. The van der Waals surface area contributed by atoms with Gasteiger partial charge in [0.15, 0.2) is 0 Å². The number of furan rings is 1. The summed E-state index contributed by atoms with van der Waals surface area (Å²) in [5.41, 5.74) is 0. The van der Waals surface area contributed by atoms with Crippen molar-refractivity contribution < 1.29 is 14.3 Å². The van der Waals surface area contributed by atoms with Crippen molar-refractivity contribution in [2.75, 3.05) is 7.05 Å². The fourth-order valence-electron chi connectivity index (χ4n) is 0.832. The number of hydrogen-bond acceptors (Lipinski definition) is 4. The Morgan fingerprint density at radius 2 is 2.38 bits per heavy atom. The molecule has 13 heavy (non-hydrogen) atoms. The molecule has 0 unspecified atom stereocenters. The molecule has 0 aliphatic rings. The number of carboxylic acids is 1. The maximum absolute atomic E-state index is 10.4. The quantitative estimate of drug-likeness (QED) is 0.559. The van der Waals surface area contributed by atoms with Gasteiger partial charge in [-0.05, 0) is 12.1 Å². The van der Waals surface area contributed by atoms with Gasteiger partial charge in [-0.1, -0.05) is 0 Å². The van der Waals surface area contributed by atoms with E-state index >= 15 is 0 Å². The third-order valence-corrected chi connectivity index (χ3v) is 1.40. The third-order valence-electron chi connectivity index (χ3n) is 1.40. The minimum atomic E-state index is -1.13. The molecule has 0 spiro atoms. The first-order valence-electron chi connectivity index (χ1n) is 3.50. The van der Waals surface area contributed by atoms with Crippen molar-refractivity contribution in [1.29, 1.82) is 0 Å². The Hall–Kier alpha value is -1.85. The van der Waals surface area contributed by atoms with E-state index in [2.05, 4.69) is 5.29 Å². The molecule has 1 aromatic rings. The summed E-state index contributed by atoms with van der Waals surface area (Å²) in [6.45, 7) is 0.163. The molecule has 0 amide bonds. The molecule has 70 valence electrons. The first-order chi connectivity index (χ1) is 6.13. The van der Waals surface area contributed by atoms with Gasteiger partial charge >= 0.3 is 5.97 Å². The van der Waals surface area contributed by atoms with Crippen LogP contribution in [0.2, 0.25) is 0 Å². The molecule has 0 atom stereocenters. The van der Waals surface area contributed by atoms with E-state index in [-0.39, 0.29) is 12.3 Å². The molecule has 0 radical (unpaired) electrons. The zero-order valence-corrected chi connectivity index (χ0v) is 6.93. The summed E-state index contributed by atoms with van der Waals surface area (Å²) >= 11 is 0. The van der Waals surface area contributed by atoms with Crippen LogP contribution in [0, 0.1) is 4.91 Å². The van der Waals surface area contributed by atoms with Crippen LogP contribution in [0.4, 0.5) is 0 Å². The molecular weight excluding hydrogens is 176 g/mol. The van der Waals surface area contributed by atoms with E-state index in [1.807, 2.05) is 0 Å². The van der Waals surface area contributed by atoms with Crippen LogP contribution in [-0.4, -0.2) is 23.1 Å². The zero-order chi connectivity index (χ0) is 9.84. The molecule has 0 bridgehead atoms. The summed E-state index contributed by atoms with van der Waals surface area (Å²) < 4.78 is 4.88. The third kappa shape index (κ3) is 2.29. The second kappa shape index (κ2) is 3.70. The van der Waals surface area contributed by atoms with Crippen LogP contribution in [0.25, 0.3) is 0 Å². The van der Waals surface area contributed by atoms with Gasteiger partial charge in [0, 0.05) is 7.05 Å². The van der Waals surface area contributed by atoms with Gasteiger partial charge in [0.1, 0.15) is 5.76 Å². The molecule has 0 aliphatic carbocycles. The summed E-state index contributed by atoms with van der Waals surface area (Å²) in [6.07, 6.45) is 0. The highest BCUT2D eigenvalue weighted by Gasteiger charge is 2.09. The Morgan fingerprint density at radius 3 is 2.85 bits per heavy atom. The molecule has 0 aliphatic heterocycles. The Bertz CT molecular complexity index is 320. The molecular formula is C7H8N2O4. The molecule has 6 heteroatoms. The van der Waals surface area contributed by atoms with E-state index in [0.717, 1.165) is 5.01 Å².